The van der Waals surface area contributed by atoms with Crippen molar-refractivity contribution < 1.29 is 28.3 Å². The van der Waals surface area contributed by atoms with E-state index in [1.807, 2.05) is 56.3 Å². The van der Waals surface area contributed by atoms with Crippen LogP contribution in [0.1, 0.15) is 30.5 Å². The monoisotopic (exact) mass is 680 g/mol. The molecule has 260 valence electrons. The lowest BCUT2D eigenvalue weighted by molar-refractivity contribution is -0.158. The van der Waals surface area contributed by atoms with E-state index in [2.05, 4.69) is 5.32 Å². The smallest absolute Gasteiger partial charge is 0.410 e. The normalized spacial score (nSPS) is 17.6. The van der Waals surface area contributed by atoms with Crippen molar-refractivity contribution in [3.05, 3.63) is 114 Å². The topological polar surface area (TPSA) is 106 Å². The van der Waals surface area contributed by atoms with Gasteiger partial charge >= 0.3 is 12.1 Å². The number of amides is 5. The number of urea groups is 1. The molecule has 2 heterocycles. The second kappa shape index (κ2) is 14.6. The Labute approximate surface area is 290 Å². The van der Waals surface area contributed by atoms with Gasteiger partial charge in [0.05, 0.1) is 13.1 Å². The average Bonchev–Trinajstić information content (AvgIpc) is 3.41. The Balaban J connectivity index is 1.30. The molecule has 5 amide bonds. The van der Waals surface area contributed by atoms with Crippen molar-refractivity contribution in [2.45, 2.75) is 51.6 Å². The number of piperazine rings is 1. The van der Waals surface area contributed by atoms with Crippen LogP contribution in [-0.4, -0.2) is 94.1 Å². The molecule has 0 aromatic heterocycles. The van der Waals surface area contributed by atoms with Gasteiger partial charge in [-0.3, -0.25) is 14.6 Å². The van der Waals surface area contributed by atoms with Crippen LogP contribution in [0.25, 0.3) is 10.8 Å². The van der Waals surface area contributed by atoms with Crippen LogP contribution < -0.4 is 10.1 Å². The first kappa shape index (κ1) is 34.4. The minimum atomic E-state index is -0.840. The first-order valence-electron chi connectivity index (χ1n) is 16.6. The summed E-state index contributed by atoms with van der Waals surface area (Å²) in [5.74, 6) is -0.450. The summed E-state index contributed by atoms with van der Waals surface area (Å²) in [4.78, 5) is 58.8. The van der Waals surface area contributed by atoms with E-state index in [0.29, 0.717) is 12.3 Å². The third kappa shape index (κ3) is 7.25. The predicted octanol–water partition coefficient (Wildman–Crippen LogP) is 5.00. The third-order valence-electron chi connectivity index (χ3n) is 9.06. The predicted molar refractivity (Wildman–Crippen MR) is 186 cm³/mol. The van der Waals surface area contributed by atoms with E-state index in [0.717, 1.165) is 27.5 Å². The molecule has 2 aliphatic rings. The molecule has 1 N–H and O–H groups in total. The van der Waals surface area contributed by atoms with Crippen molar-refractivity contribution >= 4 is 34.7 Å². The van der Waals surface area contributed by atoms with E-state index < -0.39 is 24.3 Å². The Hall–Kier alpha value is -5.49. The lowest BCUT2D eigenvalue weighted by Gasteiger charge is -2.47. The first-order chi connectivity index (χ1) is 24.0. The molecule has 0 spiro atoms. The molecule has 50 heavy (non-hydrogen) atoms. The lowest BCUT2D eigenvalue weighted by atomic mass is 9.99. The molecule has 0 bridgehead atoms. The van der Waals surface area contributed by atoms with Gasteiger partial charge in [0.15, 0.2) is 0 Å². The maximum absolute atomic E-state index is 14.4. The van der Waals surface area contributed by atoms with Gasteiger partial charge in [-0.25, -0.2) is 14.0 Å². The van der Waals surface area contributed by atoms with Crippen LogP contribution in [-0.2, 0) is 29.1 Å². The first-order valence-corrected chi connectivity index (χ1v) is 16.6. The molecule has 2 atom stereocenters. The van der Waals surface area contributed by atoms with Gasteiger partial charge in [0.25, 0.3) is 0 Å². The molecule has 4 aromatic rings. The van der Waals surface area contributed by atoms with Gasteiger partial charge in [-0.15, -0.1) is 0 Å². The summed E-state index contributed by atoms with van der Waals surface area (Å²) in [7, 11) is 3.19. The number of hydrogen-bond donors (Lipinski definition) is 1. The van der Waals surface area contributed by atoms with Gasteiger partial charge < -0.3 is 24.8 Å². The molecular formula is C38H41FN6O5. The Morgan fingerprint density at radius 1 is 0.920 bits per heavy atom. The number of hydrogen-bond acceptors (Lipinski definition) is 6. The summed E-state index contributed by atoms with van der Waals surface area (Å²) in [6.07, 6.45) is -0.896. The van der Waals surface area contributed by atoms with Crippen LogP contribution in [0.2, 0.25) is 0 Å². The Morgan fingerprint density at radius 3 is 2.30 bits per heavy atom. The maximum atomic E-state index is 14.4. The molecule has 2 aliphatic heterocycles. The number of hydrazine groups is 1. The number of nitrogens with one attached hydrogen (secondary N) is 1. The molecule has 2 saturated heterocycles. The Bertz CT molecular complexity index is 1880. The zero-order valence-electron chi connectivity index (χ0n) is 28.6. The van der Waals surface area contributed by atoms with Crippen LogP contribution in [0.4, 0.5) is 14.0 Å². The van der Waals surface area contributed by atoms with Crippen molar-refractivity contribution in [2.75, 3.05) is 27.2 Å². The molecule has 11 nitrogen and oxygen atoms in total. The fraction of sp³-hybridized carbons (Fsp3) is 0.316. The summed E-state index contributed by atoms with van der Waals surface area (Å²) in [6.45, 7) is 4.34. The molecule has 6 rings (SSSR count). The number of carbonyl (C=O) groups excluding carboxylic acids is 4. The highest BCUT2D eigenvalue weighted by molar-refractivity contribution is 5.92. The molecule has 2 fully saturated rings. The van der Waals surface area contributed by atoms with Crippen LogP contribution >= 0.6 is 0 Å². The van der Waals surface area contributed by atoms with E-state index in [4.69, 9.17) is 4.74 Å². The highest BCUT2D eigenvalue weighted by Crippen LogP contribution is 2.32. The highest BCUT2D eigenvalue weighted by atomic mass is 19.1. The largest absolute Gasteiger partial charge is 0.414 e. The number of rotatable bonds is 9. The summed E-state index contributed by atoms with van der Waals surface area (Å²) >= 11 is 0. The van der Waals surface area contributed by atoms with Gasteiger partial charge in [0, 0.05) is 39.6 Å². The van der Waals surface area contributed by atoms with Crippen molar-refractivity contribution in [1.82, 2.24) is 30.0 Å². The number of fused-ring (bicyclic) bond motifs is 2. The Morgan fingerprint density at radius 2 is 1.60 bits per heavy atom. The second-order valence-electron chi connectivity index (χ2n) is 13.1. The highest BCUT2D eigenvalue weighted by Gasteiger charge is 2.52. The van der Waals surface area contributed by atoms with E-state index in [9.17, 15) is 23.6 Å². The van der Waals surface area contributed by atoms with Crippen molar-refractivity contribution in [3.63, 3.8) is 0 Å². The van der Waals surface area contributed by atoms with E-state index in [-0.39, 0.29) is 49.7 Å². The summed E-state index contributed by atoms with van der Waals surface area (Å²) < 4.78 is 18.8. The number of ether oxygens (including phenoxy) is 1. The fourth-order valence-electron chi connectivity index (χ4n) is 6.62. The lowest BCUT2D eigenvalue weighted by Crippen LogP contribution is -2.66. The molecule has 0 radical (unpaired) electrons. The SMILES string of the molecule is CC(C)N(C(=O)NCc1ccc(F)cc1)N1CC(=O)N2[C@@H](Cc3ccc(OC(=O)N(C)C)cc3)C(=O)N(Cc3cccc4ccccc34)C[C@@H]21. The Kier molecular flexibility index (Phi) is 10.0. The van der Waals surface area contributed by atoms with Gasteiger partial charge in [-0.05, 0) is 65.6 Å². The van der Waals surface area contributed by atoms with Gasteiger partial charge in [-0.2, -0.15) is 5.01 Å². The third-order valence-corrected chi connectivity index (χ3v) is 9.06. The zero-order chi connectivity index (χ0) is 35.5. The van der Waals surface area contributed by atoms with Gasteiger partial charge in [-0.1, -0.05) is 66.7 Å². The second-order valence-corrected chi connectivity index (χ2v) is 13.1. The number of halogens is 1. The summed E-state index contributed by atoms with van der Waals surface area (Å²) in [6, 6.07) is 25.2. The maximum Gasteiger partial charge on any atom is 0.414 e. The average molecular weight is 681 g/mol. The zero-order valence-corrected chi connectivity index (χ0v) is 28.6. The van der Waals surface area contributed by atoms with Gasteiger partial charge in [0.2, 0.25) is 11.8 Å². The molecule has 0 aliphatic carbocycles. The van der Waals surface area contributed by atoms with Crippen molar-refractivity contribution in [3.8, 4) is 5.75 Å². The van der Waals surface area contributed by atoms with Crippen LogP contribution in [0, 0.1) is 5.82 Å². The minimum absolute atomic E-state index is 0.0852. The van der Waals surface area contributed by atoms with E-state index in [1.54, 1.807) is 70.3 Å². The summed E-state index contributed by atoms with van der Waals surface area (Å²) in [5, 5.41) is 8.31. The standard InChI is InChI=1S/C38H41FN6O5/c1-25(2)45(37(48)40-21-27-12-16-30(39)17-13-27)43-24-35(46)44-33(20-26-14-18-31(19-15-26)50-38(49)41(3)4)36(47)42(23-34(43)44)22-29-10-7-9-28-8-5-6-11-32(28)29/h5-19,25,33-34H,20-24H2,1-4H3,(H,40,48)/t33-,34+/m0/s1. The van der Waals surface area contributed by atoms with E-state index >= 15 is 0 Å². The van der Waals surface area contributed by atoms with Crippen molar-refractivity contribution in [2.24, 2.45) is 0 Å². The summed E-state index contributed by atoms with van der Waals surface area (Å²) in [5.41, 5.74) is 2.49. The van der Waals surface area contributed by atoms with E-state index in [1.165, 1.54) is 17.0 Å². The molecule has 4 aromatic carbocycles. The molecule has 0 unspecified atom stereocenters. The fourth-order valence-corrected chi connectivity index (χ4v) is 6.62. The number of nitrogens with zero attached hydrogens (tertiary/aromatic N) is 5. The van der Waals surface area contributed by atoms with Crippen LogP contribution in [0.5, 0.6) is 5.75 Å². The molecule has 12 heteroatoms. The molecule has 0 saturated carbocycles. The number of carbonyl (C=O) groups is 4. The van der Waals surface area contributed by atoms with Crippen LogP contribution in [0.3, 0.4) is 0 Å². The number of benzene rings is 4. The minimum Gasteiger partial charge on any atom is -0.410 e. The quantitative estimate of drug-likeness (QED) is 0.267. The molecular weight excluding hydrogens is 639 g/mol. The van der Waals surface area contributed by atoms with Crippen LogP contribution in [0.15, 0.2) is 91.0 Å². The van der Waals surface area contributed by atoms with Crippen molar-refractivity contribution in [1.29, 1.82) is 0 Å². The van der Waals surface area contributed by atoms with Gasteiger partial charge in [0.1, 0.15) is 23.8 Å².